The Hall–Kier alpha value is -1.64. The molecule has 0 amide bonds. The van der Waals surface area contributed by atoms with Crippen LogP contribution in [-0.2, 0) is 11.3 Å². The fourth-order valence-corrected chi connectivity index (χ4v) is 1.50. The number of rotatable bonds is 4. The van der Waals surface area contributed by atoms with Gasteiger partial charge in [-0.1, -0.05) is 60.7 Å². The van der Waals surface area contributed by atoms with Crippen molar-refractivity contribution >= 4 is 0 Å². The van der Waals surface area contributed by atoms with E-state index in [9.17, 15) is 0 Å². The largest absolute Gasteiger partial charge is 0.355 e. The van der Waals surface area contributed by atoms with Crippen LogP contribution in [0.2, 0.25) is 0 Å². The Labute approximate surface area is 95.7 Å². The van der Waals surface area contributed by atoms with Crippen molar-refractivity contribution in [2.45, 2.75) is 12.8 Å². The Kier molecular flexibility index (Phi) is 3.70. The highest BCUT2D eigenvalue weighted by molar-refractivity contribution is 5.17. The molecule has 0 aliphatic carbocycles. The summed E-state index contributed by atoms with van der Waals surface area (Å²) in [7, 11) is 0. The minimum Gasteiger partial charge on any atom is -0.355 e. The molecule has 0 aliphatic heterocycles. The maximum Gasteiger partial charge on any atom is 0.132 e. The van der Waals surface area contributed by atoms with E-state index in [1.165, 1.54) is 0 Å². The summed E-state index contributed by atoms with van der Waals surface area (Å²) < 4.78 is 5.59. The summed E-state index contributed by atoms with van der Waals surface area (Å²) in [6, 6.07) is 19.8. The zero-order chi connectivity index (χ0) is 11.2. The van der Waals surface area contributed by atoms with Crippen molar-refractivity contribution in [1.29, 1.82) is 0 Å². The molecule has 0 bridgehead atoms. The molecule has 2 aromatic carbocycles. The number of hydrogen-bond acceptors (Lipinski definition) is 2. The first-order valence-corrected chi connectivity index (χ1v) is 5.32. The lowest BCUT2D eigenvalue weighted by atomic mass is 10.2. The molecule has 0 spiro atoms. The van der Waals surface area contributed by atoms with Crippen LogP contribution < -0.4 is 5.73 Å². The zero-order valence-corrected chi connectivity index (χ0v) is 9.04. The van der Waals surface area contributed by atoms with Crippen LogP contribution in [0.5, 0.6) is 0 Å². The fraction of sp³-hybridized carbons (Fsp3) is 0.143. The lowest BCUT2D eigenvalue weighted by Crippen LogP contribution is -2.14. The van der Waals surface area contributed by atoms with E-state index in [1.807, 2.05) is 60.7 Å². The fourth-order valence-electron chi connectivity index (χ4n) is 1.50. The summed E-state index contributed by atoms with van der Waals surface area (Å²) in [5.41, 5.74) is 8.05. The van der Waals surface area contributed by atoms with Crippen LogP contribution in [0, 0.1) is 0 Å². The van der Waals surface area contributed by atoms with Crippen molar-refractivity contribution in [3.8, 4) is 0 Å². The highest BCUT2D eigenvalue weighted by Crippen LogP contribution is 2.13. The van der Waals surface area contributed by atoms with E-state index in [-0.39, 0.29) is 6.23 Å². The molecule has 2 nitrogen and oxygen atoms in total. The summed E-state index contributed by atoms with van der Waals surface area (Å²) in [6.45, 7) is 0.539. The van der Waals surface area contributed by atoms with Gasteiger partial charge in [-0.25, -0.2) is 0 Å². The Morgan fingerprint density at radius 3 is 2.06 bits per heavy atom. The third kappa shape index (κ3) is 2.92. The average molecular weight is 213 g/mol. The number of nitrogens with two attached hydrogens (primary N) is 1. The molecule has 0 fully saturated rings. The highest BCUT2D eigenvalue weighted by Gasteiger charge is 2.04. The second kappa shape index (κ2) is 5.45. The molecular formula is C14H15NO. The number of benzene rings is 2. The number of ether oxygens (including phenoxy) is 1. The van der Waals surface area contributed by atoms with Gasteiger partial charge in [-0.05, 0) is 11.1 Å². The van der Waals surface area contributed by atoms with E-state index in [1.54, 1.807) is 0 Å². The second-order valence-electron chi connectivity index (χ2n) is 3.63. The van der Waals surface area contributed by atoms with Gasteiger partial charge >= 0.3 is 0 Å². The van der Waals surface area contributed by atoms with E-state index < -0.39 is 0 Å². The van der Waals surface area contributed by atoms with Gasteiger partial charge in [-0.2, -0.15) is 0 Å². The monoisotopic (exact) mass is 213 g/mol. The van der Waals surface area contributed by atoms with E-state index >= 15 is 0 Å². The van der Waals surface area contributed by atoms with E-state index in [4.69, 9.17) is 10.5 Å². The molecule has 1 unspecified atom stereocenters. The molecule has 0 aromatic heterocycles. The SMILES string of the molecule is NC(OCc1ccccc1)c1ccccc1. The first-order valence-electron chi connectivity index (χ1n) is 5.32. The third-order valence-electron chi connectivity index (χ3n) is 2.40. The smallest absolute Gasteiger partial charge is 0.132 e. The molecule has 0 radical (unpaired) electrons. The quantitative estimate of drug-likeness (QED) is 0.792. The third-order valence-corrected chi connectivity index (χ3v) is 2.40. The summed E-state index contributed by atoms with van der Waals surface area (Å²) in [5, 5.41) is 0. The van der Waals surface area contributed by atoms with Gasteiger partial charge in [0.2, 0.25) is 0 Å². The average Bonchev–Trinajstić information content (AvgIpc) is 2.38. The normalized spacial score (nSPS) is 12.3. The van der Waals surface area contributed by atoms with E-state index in [2.05, 4.69) is 0 Å². The first kappa shape index (κ1) is 10.9. The van der Waals surface area contributed by atoms with Crippen molar-refractivity contribution < 1.29 is 4.74 Å². The van der Waals surface area contributed by atoms with Crippen molar-refractivity contribution in [2.24, 2.45) is 5.73 Å². The van der Waals surface area contributed by atoms with Gasteiger partial charge < -0.3 is 10.5 Å². The predicted molar refractivity (Wildman–Crippen MR) is 64.6 cm³/mol. The van der Waals surface area contributed by atoms with Gasteiger partial charge in [0.1, 0.15) is 6.23 Å². The minimum atomic E-state index is -0.360. The maximum absolute atomic E-state index is 5.92. The van der Waals surface area contributed by atoms with Crippen molar-refractivity contribution in [1.82, 2.24) is 0 Å². The highest BCUT2D eigenvalue weighted by atomic mass is 16.5. The van der Waals surface area contributed by atoms with Gasteiger partial charge in [0.15, 0.2) is 0 Å². The van der Waals surface area contributed by atoms with Gasteiger partial charge in [0, 0.05) is 0 Å². The van der Waals surface area contributed by atoms with Gasteiger partial charge in [-0.15, -0.1) is 0 Å². The first-order chi connectivity index (χ1) is 7.86. The molecule has 2 rings (SSSR count). The van der Waals surface area contributed by atoms with Gasteiger partial charge in [0.05, 0.1) is 6.61 Å². The molecule has 0 saturated carbocycles. The molecule has 82 valence electrons. The molecular weight excluding hydrogens is 198 g/mol. The Morgan fingerprint density at radius 1 is 0.875 bits per heavy atom. The standard InChI is InChI=1S/C14H15NO/c15-14(13-9-5-2-6-10-13)16-11-12-7-3-1-4-8-12/h1-10,14H,11,15H2. The van der Waals surface area contributed by atoms with Crippen molar-refractivity contribution in [3.05, 3.63) is 71.8 Å². The Bertz CT molecular complexity index is 413. The van der Waals surface area contributed by atoms with Crippen LogP contribution in [0.3, 0.4) is 0 Å². The van der Waals surface area contributed by atoms with E-state index in [0.29, 0.717) is 6.61 Å². The molecule has 0 saturated heterocycles. The van der Waals surface area contributed by atoms with E-state index in [0.717, 1.165) is 11.1 Å². The summed E-state index contributed by atoms with van der Waals surface area (Å²) in [5.74, 6) is 0. The zero-order valence-electron chi connectivity index (χ0n) is 9.04. The van der Waals surface area contributed by atoms with Gasteiger partial charge in [-0.3, -0.25) is 0 Å². The second-order valence-corrected chi connectivity index (χ2v) is 3.63. The van der Waals surface area contributed by atoms with Crippen LogP contribution in [0.4, 0.5) is 0 Å². The summed E-state index contributed by atoms with van der Waals surface area (Å²) >= 11 is 0. The molecule has 2 aromatic rings. The van der Waals surface area contributed by atoms with Crippen LogP contribution in [-0.4, -0.2) is 0 Å². The molecule has 16 heavy (non-hydrogen) atoms. The van der Waals surface area contributed by atoms with Crippen molar-refractivity contribution in [3.63, 3.8) is 0 Å². The van der Waals surface area contributed by atoms with Gasteiger partial charge in [0.25, 0.3) is 0 Å². The topological polar surface area (TPSA) is 35.2 Å². The minimum absolute atomic E-state index is 0.360. The van der Waals surface area contributed by atoms with Crippen LogP contribution in [0.25, 0.3) is 0 Å². The van der Waals surface area contributed by atoms with Crippen LogP contribution in [0.1, 0.15) is 17.4 Å². The molecule has 1 atom stereocenters. The van der Waals surface area contributed by atoms with Crippen LogP contribution >= 0.6 is 0 Å². The van der Waals surface area contributed by atoms with Crippen LogP contribution in [0.15, 0.2) is 60.7 Å². The molecule has 2 heteroatoms. The Balaban J connectivity index is 1.92. The molecule has 0 aliphatic rings. The lowest BCUT2D eigenvalue weighted by molar-refractivity contribution is 0.0441. The van der Waals surface area contributed by atoms with Crippen molar-refractivity contribution in [2.75, 3.05) is 0 Å². The molecule has 2 N–H and O–H groups in total. The lowest BCUT2D eigenvalue weighted by Gasteiger charge is -2.13. The maximum atomic E-state index is 5.92. The number of hydrogen-bond donors (Lipinski definition) is 1. The summed E-state index contributed by atoms with van der Waals surface area (Å²) in [6.07, 6.45) is -0.360. The predicted octanol–water partition coefficient (Wildman–Crippen LogP) is 2.86. The Morgan fingerprint density at radius 2 is 1.44 bits per heavy atom. The molecule has 0 heterocycles. The summed E-state index contributed by atoms with van der Waals surface area (Å²) in [4.78, 5) is 0.